The number of nitrogens with one attached hydrogen (secondary N) is 3. The number of carbonyl (C=O) groups excluding carboxylic acids is 4. The van der Waals surface area contributed by atoms with E-state index in [0.29, 0.717) is 39.2 Å². The highest BCUT2D eigenvalue weighted by Gasteiger charge is 2.37. The molecular formula is C29H36N11O9PS4. The Morgan fingerprint density at radius 2 is 2.02 bits per heavy atom. The van der Waals surface area contributed by atoms with E-state index in [-0.39, 0.29) is 47.9 Å². The number of thioether (sulfide) groups is 2. The number of amides is 1. The van der Waals surface area contributed by atoms with Gasteiger partial charge >= 0.3 is 7.75 Å². The minimum atomic E-state index is -4.77. The molecule has 20 nitrogen and oxygen atoms in total. The highest BCUT2D eigenvalue weighted by Crippen LogP contribution is 2.40. The molecule has 290 valence electrons. The quantitative estimate of drug-likeness (QED) is 0.0143. The van der Waals surface area contributed by atoms with Gasteiger partial charge in [-0.1, -0.05) is 16.9 Å². The van der Waals surface area contributed by atoms with Crippen molar-refractivity contribution in [1.29, 1.82) is 0 Å². The van der Waals surface area contributed by atoms with Crippen molar-refractivity contribution in [2.24, 2.45) is 34.6 Å². The zero-order chi connectivity index (χ0) is 39.4. The van der Waals surface area contributed by atoms with Crippen LogP contribution < -0.4 is 36.9 Å². The molecule has 0 saturated carbocycles. The first-order valence-electron chi connectivity index (χ1n) is 15.8. The van der Waals surface area contributed by atoms with Crippen molar-refractivity contribution in [3.8, 4) is 11.3 Å². The fourth-order valence-electron chi connectivity index (χ4n) is 4.64. The second-order valence-corrected chi connectivity index (χ2v) is 16.6. The van der Waals surface area contributed by atoms with Crippen molar-refractivity contribution >= 4 is 94.9 Å². The van der Waals surface area contributed by atoms with Crippen molar-refractivity contribution < 1.29 is 48.0 Å². The van der Waals surface area contributed by atoms with E-state index < -0.39 is 54.9 Å². The largest absolute Gasteiger partial charge is 0.543 e. The Morgan fingerprint density at radius 3 is 2.67 bits per heavy atom. The van der Waals surface area contributed by atoms with E-state index >= 15 is 0 Å². The van der Waals surface area contributed by atoms with Gasteiger partial charge in [-0.2, -0.15) is 9.36 Å². The van der Waals surface area contributed by atoms with Crippen LogP contribution in [0.15, 0.2) is 55.0 Å². The van der Waals surface area contributed by atoms with Crippen LogP contribution in [0.1, 0.15) is 32.0 Å². The number of carboxylic acids is 1. The normalized spacial score (nSPS) is 15.8. The van der Waals surface area contributed by atoms with Gasteiger partial charge in [0, 0.05) is 58.2 Å². The molecule has 4 rings (SSSR count). The van der Waals surface area contributed by atoms with Gasteiger partial charge < -0.3 is 51.4 Å². The number of aryl methyl sites for hydroxylation is 1. The number of carbonyl (C=O) groups is 4. The van der Waals surface area contributed by atoms with E-state index in [4.69, 9.17) is 16.3 Å². The maximum Gasteiger partial charge on any atom is 0.429 e. The minimum Gasteiger partial charge on any atom is -0.543 e. The van der Waals surface area contributed by atoms with E-state index in [2.05, 4.69) is 35.1 Å². The minimum absolute atomic E-state index is 0.0181. The Labute approximate surface area is 324 Å². The second-order valence-electron chi connectivity index (χ2n) is 11.2. The van der Waals surface area contributed by atoms with Gasteiger partial charge in [0.15, 0.2) is 34.2 Å². The molecule has 3 atom stereocenters. The molecule has 0 radical (unpaired) electrons. The summed E-state index contributed by atoms with van der Waals surface area (Å²) in [5.74, 6) is -4.88. The predicted molar refractivity (Wildman–Crippen MR) is 201 cm³/mol. The molecule has 0 fully saturated rings. The number of thiazole rings is 1. The molecule has 1 unspecified atom stereocenters. The van der Waals surface area contributed by atoms with Crippen molar-refractivity contribution in [2.45, 2.75) is 41.9 Å². The molecule has 0 aromatic carbocycles. The first kappa shape index (κ1) is 42.3. The average molecular weight is 842 g/mol. The third kappa shape index (κ3) is 12.6. The highest BCUT2D eigenvalue weighted by molar-refractivity contribution is 8.07. The van der Waals surface area contributed by atoms with Gasteiger partial charge in [-0.05, 0) is 19.8 Å². The topological polar surface area (TPSA) is 314 Å². The van der Waals surface area contributed by atoms with Crippen LogP contribution in [0.2, 0.25) is 0 Å². The number of aliphatic imine (C=N–C) groups is 1. The third-order valence-corrected chi connectivity index (χ3v) is 11.9. The van der Waals surface area contributed by atoms with Crippen LogP contribution in [0, 0.1) is 5.92 Å². The molecule has 0 spiro atoms. The lowest BCUT2D eigenvalue weighted by molar-refractivity contribution is -0.671. The standard InChI is InChI=1S/C29H36N11O9PS4/c1-3-49-37-21(23-36-28(54-39-23)38-50(46,47)48)19(42)11-17(24(43)33-16(12-41)5-4-8-32-27(30)31)25-35-22(26(44)45)20(14-51-25)53-29-34-18(13-52-29)15-6-9-40(2)10-7-15/h6-7,9-10,12-13,16-17,25,35H,3-5,8,11,14H2,1-2H3,(H8-,30,31,32,33,36,38,39,43,44,45,46,47,48)/b37-21-/t16?,17-,25-/m1/s1. The summed E-state index contributed by atoms with van der Waals surface area (Å²) < 4.78 is 17.8. The van der Waals surface area contributed by atoms with Crippen LogP contribution >= 0.6 is 54.1 Å². The summed E-state index contributed by atoms with van der Waals surface area (Å²) >= 11 is 4.12. The van der Waals surface area contributed by atoms with Crippen LogP contribution in [0.25, 0.3) is 11.3 Å². The van der Waals surface area contributed by atoms with Crippen LogP contribution in [-0.4, -0.2) is 90.1 Å². The number of guanidine groups is 1. The molecule has 4 heterocycles. The van der Waals surface area contributed by atoms with Gasteiger partial charge in [-0.15, -0.1) is 23.1 Å². The molecule has 1 aliphatic rings. The number of nitrogens with zero attached hydrogens (tertiary/aromatic N) is 6. The number of rotatable bonds is 20. The Balaban J connectivity index is 1.62. The van der Waals surface area contributed by atoms with E-state index in [0.717, 1.165) is 29.1 Å². The van der Waals surface area contributed by atoms with E-state index in [1.54, 1.807) is 6.92 Å². The second kappa shape index (κ2) is 19.8. The lowest BCUT2D eigenvalue weighted by Gasteiger charge is -2.34. The zero-order valence-corrected chi connectivity index (χ0v) is 32.8. The molecule has 54 heavy (non-hydrogen) atoms. The van der Waals surface area contributed by atoms with Crippen molar-refractivity contribution in [1.82, 2.24) is 25.0 Å². The van der Waals surface area contributed by atoms with Gasteiger partial charge in [0.05, 0.1) is 34.7 Å². The van der Waals surface area contributed by atoms with Gasteiger partial charge in [-0.25, -0.2) is 14.1 Å². The molecule has 0 bridgehead atoms. The summed E-state index contributed by atoms with van der Waals surface area (Å²) in [6.45, 7) is 1.79. The molecule has 1 aliphatic heterocycles. The van der Waals surface area contributed by atoms with Crippen LogP contribution in [-0.2, 0) is 35.6 Å². The molecular weight excluding hydrogens is 806 g/mol. The van der Waals surface area contributed by atoms with Crippen molar-refractivity contribution in [2.75, 3.05) is 24.0 Å². The van der Waals surface area contributed by atoms with Gasteiger partial charge in [0.25, 0.3) is 0 Å². The number of aldehydes is 1. The summed E-state index contributed by atoms with van der Waals surface area (Å²) in [6.07, 6.45) is 4.13. The Hall–Kier alpha value is -4.45. The number of pyridine rings is 1. The summed E-state index contributed by atoms with van der Waals surface area (Å²) in [4.78, 5) is 88.6. The lowest BCUT2D eigenvalue weighted by atomic mass is 9.97. The number of anilines is 1. The van der Waals surface area contributed by atoms with Gasteiger partial charge in [-0.3, -0.25) is 19.7 Å². The number of ketones is 1. The first-order chi connectivity index (χ1) is 25.7. The van der Waals surface area contributed by atoms with Crippen molar-refractivity contribution in [3.63, 3.8) is 0 Å². The van der Waals surface area contributed by atoms with Crippen molar-refractivity contribution in [3.05, 3.63) is 46.3 Å². The van der Waals surface area contributed by atoms with E-state index in [1.165, 1.54) is 11.3 Å². The zero-order valence-electron chi connectivity index (χ0n) is 28.6. The number of nitrogens with two attached hydrogens (primary N) is 2. The molecule has 3 aromatic rings. The first-order valence-corrected chi connectivity index (χ1v) is 20.9. The number of Topliss-reactive ketones (excluding diaryl/α,β-unsaturated/α-hetero) is 1. The maximum absolute atomic E-state index is 13.9. The number of aromatic nitrogens is 4. The summed E-state index contributed by atoms with van der Waals surface area (Å²) in [7, 11) is -2.88. The molecule has 25 heteroatoms. The van der Waals surface area contributed by atoms with Crippen LogP contribution in [0.4, 0.5) is 5.13 Å². The summed E-state index contributed by atoms with van der Waals surface area (Å²) in [5.41, 5.74) is 11.5. The maximum atomic E-state index is 13.9. The average Bonchev–Trinajstić information content (AvgIpc) is 3.78. The van der Waals surface area contributed by atoms with Gasteiger partial charge in [0.1, 0.15) is 19.9 Å². The Bertz CT molecular complexity index is 1960. The summed E-state index contributed by atoms with van der Waals surface area (Å²) in [5, 5.41) is 24.1. The molecule has 0 aliphatic carbocycles. The fourth-order valence-corrected chi connectivity index (χ4v) is 9.24. The van der Waals surface area contributed by atoms with E-state index in [1.807, 2.05) is 46.6 Å². The SMILES string of the molecule is CCO/N=C(/C(=O)C[C@H](C(=O)NC(C=O)CCCN=C(N)N)[C@@H]1NC(C(=O)[O-])=C(Sc2nc(-c3cc[n+](C)cc3)cs2)CS1)c1nsc(NP(=O)(O)O)n1. The molecule has 1 amide bonds. The number of aliphatic carboxylic acids is 1. The van der Waals surface area contributed by atoms with Gasteiger partial charge in [0.2, 0.25) is 16.9 Å². The fraction of sp³-hybridized carbons (Fsp3) is 0.379. The number of oxime groups is 1. The molecule has 3 aromatic heterocycles. The Morgan fingerprint density at radius 1 is 1.28 bits per heavy atom. The number of hydrogen-bond donors (Lipinski definition) is 7. The number of hydrogen-bond acceptors (Lipinski definition) is 17. The number of carboxylic acid groups (broad SMARTS) is 1. The van der Waals surface area contributed by atoms with Crippen LogP contribution in [0.3, 0.4) is 0 Å². The lowest BCUT2D eigenvalue weighted by Crippen LogP contribution is -2.50. The van der Waals surface area contributed by atoms with Crippen LogP contribution in [0.5, 0.6) is 0 Å². The highest BCUT2D eigenvalue weighted by atomic mass is 32.2. The Kier molecular flexibility index (Phi) is 15.5. The molecule has 0 saturated heterocycles. The summed E-state index contributed by atoms with van der Waals surface area (Å²) in [6, 6.07) is 2.79. The molecule has 9 N–H and O–H groups in total. The monoisotopic (exact) mass is 841 g/mol. The van der Waals surface area contributed by atoms with E-state index in [9.17, 15) is 38.6 Å². The smallest absolute Gasteiger partial charge is 0.429 e. The predicted octanol–water partition coefficient (Wildman–Crippen LogP) is -0.540. The third-order valence-electron chi connectivity index (χ3n) is 7.13.